The second-order valence-corrected chi connectivity index (χ2v) is 4.64. The van der Waals surface area contributed by atoms with Crippen molar-refractivity contribution < 1.29 is 9.53 Å². The van der Waals surface area contributed by atoms with Gasteiger partial charge in [-0.05, 0) is 0 Å². The van der Waals surface area contributed by atoms with Crippen LogP contribution in [-0.2, 0) is 16.1 Å². The van der Waals surface area contributed by atoms with E-state index in [0.717, 1.165) is 45.0 Å². The van der Waals surface area contributed by atoms with Gasteiger partial charge in [0.2, 0.25) is 0 Å². The van der Waals surface area contributed by atoms with Crippen molar-refractivity contribution in [3.63, 3.8) is 0 Å². The van der Waals surface area contributed by atoms with Gasteiger partial charge in [0.15, 0.2) is 0 Å². The molecule has 6 heteroatoms. The molecule has 0 radical (unpaired) electrons. The molecule has 2 heterocycles. The third-order valence-corrected chi connectivity index (χ3v) is 3.33. The molecular weight excluding hydrogens is 244 g/mol. The maximum atomic E-state index is 11.1. The quantitative estimate of drug-likeness (QED) is 0.706. The highest BCUT2D eigenvalue weighted by atomic mass is 16.5. The van der Waals surface area contributed by atoms with Crippen molar-refractivity contribution in [3.8, 4) is 0 Å². The van der Waals surface area contributed by atoms with Crippen LogP contribution in [0.3, 0.4) is 0 Å². The molecule has 0 spiro atoms. The summed E-state index contributed by atoms with van der Waals surface area (Å²) in [4.78, 5) is 24.1. The van der Waals surface area contributed by atoms with E-state index in [2.05, 4.69) is 24.5 Å². The van der Waals surface area contributed by atoms with Gasteiger partial charge in [0, 0.05) is 57.9 Å². The summed E-state index contributed by atoms with van der Waals surface area (Å²) in [6, 6.07) is 0. The van der Waals surface area contributed by atoms with Crippen LogP contribution < -0.4 is 0 Å². The van der Waals surface area contributed by atoms with Crippen LogP contribution in [0.25, 0.3) is 0 Å². The molecule has 0 amide bonds. The molecule has 0 N–H and O–H groups in total. The molecule has 0 atom stereocenters. The van der Waals surface area contributed by atoms with Crippen molar-refractivity contribution in [1.82, 2.24) is 19.8 Å². The molecule has 0 bridgehead atoms. The van der Waals surface area contributed by atoms with Crippen molar-refractivity contribution >= 4 is 5.97 Å². The minimum atomic E-state index is -0.137. The molecule has 104 valence electrons. The summed E-state index contributed by atoms with van der Waals surface area (Å²) in [6.45, 7) is 5.59. The molecule has 0 aromatic carbocycles. The predicted octanol–water partition coefficient (Wildman–Crippen LogP) is 0.157. The Bertz CT molecular complexity index is 391. The Morgan fingerprint density at radius 2 is 2.00 bits per heavy atom. The molecular formula is C13H20N4O2. The molecule has 1 saturated heterocycles. The van der Waals surface area contributed by atoms with Crippen LogP contribution in [0.1, 0.15) is 12.1 Å². The topological polar surface area (TPSA) is 58.6 Å². The Labute approximate surface area is 113 Å². The van der Waals surface area contributed by atoms with Gasteiger partial charge in [-0.3, -0.25) is 19.7 Å². The first-order valence-corrected chi connectivity index (χ1v) is 6.54. The van der Waals surface area contributed by atoms with Gasteiger partial charge < -0.3 is 9.64 Å². The highest BCUT2D eigenvalue weighted by Gasteiger charge is 2.17. The highest BCUT2D eigenvalue weighted by molar-refractivity contribution is 5.69. The van der Waals surface area contributed by atoms with Gasteiger partial charge in [0.25, 0.3) is 0 Å². The van der Waals surface area contributed by atoms with Gasteiger partial charge in [-0.15, -0.1) is 0 Å². The van der Waals surface area contributed by atoms with E-state index >= 15 is 0 Å². The van der Waals surface area contributed by atoms with Gasteiger partial charge in [-0.25, -0.2) is 0 Å². The number of carbonyl (C=O) groups is 1. The number of rotatable bonds is 5. The Morgan fingerprint density at radius 3 is 2.63 bits per heavy atom. The number of hydrogen-bond acceptors (Lipinski definition) is 6. The number of nitrogens with zero attached hydrogens (tertiary/aromatic N) is 4. The lowest BCUT2D eigenvalue weighted by atomic mass is 10.2. The minimum Gasteiger partial charge on any atom is -0.469 e. The molecule has 6 nitrogen and oxygen atoms in total. The average molecular weight is 264 g/mol. The van der Waals surface area contributed by atoms with E-state index in [1.165, 1.54) is 7.11 Å². The van der Waals surface area contributed by atoms with Gasteiger partial charge >= 0.3 is 5.97 Å². The zero-order valence-corrected chi connectivity index (χ0v) is 11.3. The summed E-state index contributed by atoms with van der Waals surface area (Å²) in [5, 5.41) is 0. The first kappa shape index (κ1) is 13.9. The maximum Gasteiger partial charge on any atom is 0.306 e. The Balaban J connectivity index is 1.69. The molecule has 19 heavy (non-hydrogen) atoms. The highest BCUT2D eigenvalue weighted by Crippen LogP contribution is 2.06. The fraction of sp³-hybridized carbons (Fsp3) is 0.615. The van der Waals surface area contributed by atoms with Crippen molar-refractivity contribution in [2.24, 2.45) is 0 Å². The standard InChI is InChI=1S/C13H20N4O2/c1-19-13(18)2-5-16-6-8-17(9-7-16)11-12-10-14-3-4-15-12/h3-4,10H,2,5-9,11H2,1H3. The van der Waals surface area contributed by atoms with Crippen LogP contribution in [0.4, 0.5) is 0 Å². The average Bonchev–Trinajstić information content (AvgIpc) is 2.47. The normalized spacial score (nSPS) is 17.3. The fourth-order valence-electron chi connectivity index (χ4n) is 2.16. The number of carbonyl (C=O) groups excluding carboxylic acids is 1. The largest absolute Gasteiger partial charge is 0.469 e. The van der Waals surface area contributed by atoms with Crippen LogP contribution in [-0.4, -0.2) is 65.6 Å². The number of aromatic nitrogens is 2. The van der Waals surface area contributed by atoms with E-state index < -0.39 is 0 Å². The van der Waals surface area contributed by atoms with Crippen LogP contribution >= 0.6 is 0 Å². The predicted molar refractivity (Wildman–Crippen MR) is 70.4 cm³/mol. The Morgan fingerprint density at radius 1 is 1.26 bits per heavy atom. The van der Waals surface area contributed by atoms with E-state index in [0.29, 0.717) is 6.42 Å². The fourth-order valence-corrected chi connectivity index (χ4v) is 2.16. The number of esters is 1. The van der Waals surface area contributed by atoms with Gasteiger partial charge in [-0.1, -0.05) is 0 Å². The molecule has 1 aromatic rings. The molecule has 0 unspecified atom stereocenters. The first-order chi connectivity index (χ1) is 9.28. The number of ether oxygens (including phenoxy) is 1. The second kappa shape index (κ2) is 7.16. The van der Waals surface area contributed by atoms with E-state index in [9.17, 15) is 4.79 Å². The zero-order valence-electron chi connectivity index (χ0n) is 11.3. The summed E-state index contributed by atoms with van der Waals surface area (Å²) in [7, 11) is 1.43. The smallest absolute Gasteiger partial charge is 0.306 e. The van der Waals surface area contributed by atoms with Crippen LogP contribution in [0.15, 0.2) is 18.6 Å². The van der Waals surface area contributed by atoms with Gasteiger partial charge in [0.05, 0.1) is 19.2 Å². The third kappa shape index (κ3) is 4.57. The van der Waals surface area contributed by atoms with Gasteiger partial charge in [-0.2, -0.15) is 0 Å². The molecule has 1 aliphatic heterocycles. The van der Waals surface area contributed by atoms with Crippen LogP contribution in [0.5, 0.6) is 0 Å². The van der Waals surface area contributed by atoms with Crippen LogP contribution in [0, 0.1) is 0 Å². The van der Waals surface area contributed by atoms with Crippen molar-refractivity contribution in [1.29, 1.82) is 0 Å². The monoisotopic (exact) mass is 264 g/mol. The lowest BCUT2D eigenvalue weighted by Crippen LogP contribution is -2.46. The minimum absolute atomic E-state index is 0.137. The Hall–Kier alpha value is -1.53. The third-order valence-electron chi connectivity index (χ3n) is 3.33. The lowest BCUT2D eigenvalue weighted by molar-refractivity contribution is -0.141. The number of piperazine rings is 1. The van der Waals surface area contributed by atoms with Crippen molar-refractivity contribution in [2.75, 3.05) is 39.8 Å². The molecule has 1 aromatic heterocycles. The van der Waals surface area contributed by atoms with E-state index in [1.54, 1.807) is 12.4 Å². The lowest BCUT2D eigenvalue weighted by Gasteiger charge is -2.34. The van der Waals surface area contributed by atoms with E-state index in [4.69, 9.17) is 0 Å². The summed E-state index contributed by atoms with van der Waals surface area (Å²) < 4.78 is 4.65. The molecule has 1 aliphatic rings. The molecule has 1 fully saturated rings. The van der Waals surface area contributed by atoms with Crippen molar-refractivity contribution in [3.05, 3.63) is 24.3 Å². The first-order valence-electron chi connectivity index (χ1n) is 6.54. The SMILES string of the molecule is COC(=O)CCN1CCN(Cc2cnccn2)CC1. The summed E-state index contributed by atoms with van der Waals surface area (Å²) in [5.74, 6) is -0.137. The van der Waals surface area contributed by atoms with Crippen LogP contribution in [0.2, 0.25) is 0 Å². The second-order valence-electron chi connectivity index (χ2n) is 4.64. The molecule has 0 aliphatic carbocycles. The molecule has 0 saturated carbocycles. The van der Waals surface area contributed by atoms with Gasteiger partial charge in [0.1, 0.15) is 0 Å². The molecule has 2 rings (SSSR count). The van der Waals surface area contributed by atoms with E-state index in [1.807, 2.05) is 6.20 Å². The summed E-state index contributed by atoms with van der Waals surface area (Å²) >= 11 is 0. The number of hydrogen-bond donors (Lipinski definition) is 0. The van der Waals surface area contributed by atoms with E-state index in [-0.39, 0.29) is 5.97 Å². The maximum absolute atomic E-state index is 11.1. The Kier molecular flexibility index (Phi) is 5.23. The summed E-state index contributed by atoms with van der Waals surface area (Å²) in [5.41, 5.74) is 1.01. The zero-order chi connectivity index (χ0) is 13.5. The summed E-state index contributed by atoms with van der Waals surface area (Å²) in [6.07, 6.45) is 5.69. The number of methoxy groups -OCH3 is 1. The van der Waals surface area contributed by atoms with Crippen molar-refractivity contribution in [2.45, 2.75) is 13.0 Å².